The monoisotopic (exact) mass is 566 g/mol. The second-order valence-electron chi connectivity index (χ2n) is 9.25. The van der Waals surface area contributed by atoms with Gasteiger partial charge in [0.05, 0.1) is 41.1 Å². The molecule has 2 aromatic heterocycles. The highest BCUT2D eigenvalue weighted by Crippen LogP contribution is 2.38. The van der Waals surface area contributed by atoms with Gasteiger partial charge in [-0.3, -0.25) is 14.4 Å². The summed E-state index contributed by atoms with van der Waals surface area (Å²) in [6.07, 6.45) is -1.82. The van der Waals surface area contributed by atoms with Crippen LogP contribution < -0.4 is 14.8 Å². The third kappa shape index (κ3) is 5.96. The highest BCUT2D eigenvalue weighted by Gasteiger charge is 2.31. The molecular weight excluding hydrogens is 541 g/mol. The summed E-state index contributed by atoms with van der Waals surface area (Å²) in [6, 6.07) is 15.0. The van der Waals surface area contributed by atoms with Crippen molar-refractivity contribution in [3.63, 3.8) is 0 Å². The summed E-state index contributed by atoms with van der Waals surface area (Å²) in [5, 5.41) is 7.53. The Labute approximate surface area is 233 Å². The van der Waals surface area contributed by atoms with Crippen molar-refractivity contribution in [3.8, 4) is 28.3 Å². The average molecular weight is 567 g/mol. The molecule has 0 saturated carbocycles. The summed E-state index contributed by atoms with van der Waals surface area (Å²) in [5.41, 5.74) is 8.52. The quantitative estimate of drug-likeness (QED) is 0.204. The topological polar surface area (TPSA) is 93.4 Å². The summed E-state index contributed by atoms with van der Waals surface area (Å²) < 4.78 is 50.1. The molecule has 1 aliphatic rings. The smallest absolute Gasteiger partial charge is 0.406 e. The number of hydrogen-bond donors (Lipinski definition) is 2. The molecule has 0 saturated heterocycles. The Morgan fingerprint density at radius 3 is 2.50 bits per heavy atom. The lowest BCUT2D eigenvalue weighted by Gasteiger charge is -2.16. The molecule has 40 heavy (non-hydrogen) atoms. The van der Waals surface area contributed by atoms with Crippen LogP contribution in [0, 0.1) is 13.8 Å². The van der Waals surface area contributed by atoms with Gasteiger partial charge in [0.25, 0.3) is 0 Å². The van der Waals surface area contributed by atoms with E-state index >= 15 is 0 Å². The van der Waals surface area contributed by atoms with Crippen molar-refractivity contribution < 1.29 is 22.7 Å². The molecule has 2 amide bonds. The summed E-state index contributed by atoms with van der Waals surface area (Å²) in [6.45, 7) is 3.86. The third-order valence-electron chi connectivity index (χ3n) is 6.46. The number of ether oxygens (including phenoxy) is 1. The number of fused-ring (bicyclic) bond motifs is 3. The Balaban J connectivity index is 1.26. The van der Waals surface area contributed by atoms with Crippen molar-refractivity contribution in [1.82, 2.24) is 19.5 Å². The maximum atomic E-state index is 12.5. The van der Waals surface area contributed by atoms with Gasteiger partial charge in [-0.25, -0.2) is 9.19 Å². The average Bonchev–Trinajstić information content (AvgIpc) is 3.24. The van der Waals surface area contributed by atoms with Crippen LogP contribution in [0.2, 0.25) is 0 Å². The molecule has 0 radical (unpaired) electrons. The highest BCUT2D eigenvalue weighted by atomic mass is 32.2. The molecule has 2 aromatic carbocycles. The van der Waals surface area contributed by atoms with Gasteiger partial charge in [-0.05, 0) is 74.2 Å². The number of pyridine rings is 1. The maximum absolute atomic E-state index is 12.5. The Bertz CT molecular complexity index is 1580. The second-order valence-corrected chi connectivity index (χ2v) is 9.85. The van der Waals surface area contributed by atoms with E-state index in [1.54, 1.807) is 23.0 Å². The molecule has 1 aliphatic carbocycles. The molecule has 12 heteroatoms. The molecule has 8 nitrogen and oxygen atoms in total. The summed E-state index contributed by atoms with van der Waals surface area (Å²) >= 11 is 0.900. The van der Waals surface area contributed by atoms with Gasteiger partial charge in [0.2, 0.25) is 0 Å². The zero-order valence-corrected chi connectivity index (χ0v) is 22.7. The number of para-hydroxylation sites is 1. The number of amides is 2. The van der Waals surface area contributed by atoms with E-state index in [1.165, 1.54) is 12.1 Å². The number of carbonyl (C=O) groups excluding carboxylic acids is 1. The molecule has 5 rings (SSSR count). The van der Waals surface area contributed by atoms with Crippen molar-refractivity contribution in [2.75, 3.05) is 5.32 Å². The molecule has 206 valence electrons. The van der Waals surface area contributed by atoms with Crippen molar-refractivity contribution in [2.45, 2.75) is 33.1 Å². The molecule has 0 unspecified atom stereocenters. The first-order valence-corrected chi connectivity index (χ1v) is 13.1. The van der Waals surface area contributed by atoms with E-state index in [-0.39, 0.29) is 11.8 Å². The molecule has 0 atom stereocenters. The minimum absolute atomic E-state index is 0.272. The normalized spacial score (nSPS) is 12.7. The summed E-state index contributed by atoms with van der Waals surface area (Å²) in [7, 11) is 1.81. The van der Waals surface area contributed by atoms with Gasteiger partial charge in [-0.15, -0.1) is 13.2 Å². The number of hydrogen-bond acceptors (Lipinski definition) is 6. The molecule has 0 bridgehead atoms. The van der Waals surface area contributed by atoms with Crippen LogP contribution in [-0.4, -0.2) is 33.4 Å². The predicted octanol–water partition coefficient (Wildman–Crippen LogP) is 6.57. The predicted molar refractivity (Wildman–Crippen MR) is 149 cm³/mol. The second kappa shape index (κ2) is 11.0. The highest BCUT2D eigenvalue weighted by molar-refractivity contribution is 7.96. The van der Waals surface area contributed by atoms with Gasteiger partial charge in [0.1, 0.15) is 5.75 Å². The number of anilines is 1. The number of nitrogens with zero attached hydrogens (tertiary/aromatic N) is 4. The summed E-state index contributed by atoms with van der Waals surface area (Å²) in [4.78, 5) is 17.0. The lowest BCUT2D eigenvalue weighted by molar-refractivity contribution is -0.274. The van der Waals surface area contributed by atoms with Crippen LogP contribution in [0.5, 0.6) is 5.75 Å². The first-order chi connectivity index (χ1) is 19.1. The van der Waals surface area contributed by atoms with Crippen LogP contribution in [-0.2, 0) is 19.9 Å². The molecule has 2 heterocycles. The minimum Gasteiger partial charge on any atom is -0.406 e. The van der Waals surface area contributed by atoms with Gasteiger partial charge < -0.3 is 10.1 Å². The van der Waals surface area contributed by atoms with Crippen LogP contribution in [0.3, 0.4) is 0 Å². The van der Waals surface area contributed by atoms with Crippen LogP contribution in [0.1, 0.15) is 28.1 Å². The summed E-state index contributed by atoms with van der Waals surface area (Å²) in [5.74, 6) is -0.272. The number of aryl methyl sites for hydroxylation is 4. The maximum Gasteiger partial charge on any atom is 0.573 e. The zero-order chi connectivity index (χ0) is 28.4. The van der Waals surface area contributed by atoms with Gasteiger partial charge >= 0.3 is 12.4 Å². The van der Waals surface area contributed by atoms with Gasteiger partial charge in [0.15, 0.2) is 0 Å². The minimum atomic E-state index is -4.74. The van der Waals surface area contributed by atoms with E-state index in [4.69, 9.17) is 10.1 Å². The van der Waals surface area contributed by atoms with Gasteiger partial charge in [0, 0.05) is 29.4 Å². The van der Waals surface area contributed by atoms with Crippen LogP contribution in [0.15, 0.2) is 59.0 Å². The number of benzene rings is 2. The van der Waals surface area contributed by atoms with E-state index in [1.807, 2.05) is 51.2 Å². The van der Waals surface area contributed by atoms with E-state index < -0.39 is 6.36 Å². The SMILES string of the molecule is Cc1cccc(C)c1NC(=O)NS/N=C/c1ccc2c(n1)CCc1c-2nn(C)c1-c1ccc(OC(F)(F)F)cc1. The zero-order valence-electron chi connectivity index (χ0n) is 21.8. The standard InChI is InChI=1S/C28H25F3N6O2S/c1-16-5-4-6-17(2)24(16)34-27(38)36-40-32-15-19-9-12-21-23(33-19)14-13-22-25(21)35-37(3)26(22)18-7-10-20(11-8-18)39-28(29,30)31/h4-12,15H,13-14H2,1-3H3,(H2,34,36,38)/b32-15+. The molecule has 4 aromatic rings. The fraction of sp³-hybridized carbons (Fsp3) is 0.214. The lowest BCUT2D eigenvalue weighted by atomic mass is 9.90. The Kier molecular flexibility index (Phi) is 7.53. The van der Waals surface area contributed by atoms with Crippen LogP contribution >= 0.6 is 12.1 Å². The fourth-order valence-electron chi connectivity index (χ4n) is 4.74. The Morgan fingerprint density at radius 2 is 1.80 bits per heavy atom. The molecule has 0 spiro atoms. The first-order valence-electron chi connectivity index (χ1n) is 12.3. The number of halogens is 3. The number of carbonyl (C=O) groups is 1. The van der Waals surface area contributed by atoms with E-state index in [0.717, 1.165) is 62.7 Å². The number of aromatic nitrogens is 3. The first kappa shape index (κ1) is 27.3. The van der Waals surface area contributed by atoms with Gasteiger partial charge in [-0.1, -0.05) is 18.2 Å². The van der Waals surface area contributed by atoms with Crippen molar-refractivity contribution in [1.29, 1.82) is 0 Å². The van der Waals surface area contributed by atoms with Crippen molar-refractivity contribution >= 4 is 30.1 Å². The molecular formula is C28H25F3N6O2S. The number of nitrogens with one attached hydrogen (secondary N) is 2. The third-order valence-corrected chi connectivity index (χ3v) is 6.95. The number of urea groups is 1. The molecule has 0 aliphatic heterocycles. The van der Waals surface area contributed by atoms with Gasteiger partial charge in [-0.2, -0.15) is 5.10 Å². The number of alkyl halides is 3. The lowest BCUT2D eigenvalue weighted by Crippen LogP contribution is -2.23. The van der Waals surface area contributed by atoms with Crippen LogP contribution in [0.4, 0.5) is 23.7 Å². The van der Waals surface area contributed by atoms with Crippen molar-refractivity contribution in [2.24, 2.45) is 11.4 Å². The Morgan fingerprint density at radius 1 is 1.07 bits per heavy atom. The van der Waals surface area contributed by atoms with E-state index in [0.29, 0.717) is 18.5 Å². The molecule has 0 fully saturated rings. The van der Waals surface area contributed by atoms with Crippen molar-refractivity contribution in [3.05, 3.63) is 82.7 Å². The fourth-order valence-corrected chi connectivity index (χ4v) is 5.08. The largest absolute Gasteiger partial charge is 0.573 e. The number of rotatable bonds is 6. The van der Waals surface area contributed by atoms with Crippen LogP contribution in [0.25, 0.3) is 22.5 Å². The molecule has 2 N–H and O–H groups in total. The van der Waals surface area contributed by atoms with E-state index in [2.05, 4.69) is 19.2 Å². The Hall–Kier alpha value is -4.32. The van der Waals surface area contributed by atoms with E-state index in [9.17, 15) is 18.0 Å².